The van der Waals surface area contributed by atoms with Crippen molar-refractivity contribution in [1.82, 2.24) is 14.1 Å². The second-order valence-corrected chi connectivity index (χ2v) is 8.39. The Bertz CT molecular complexity index is 1240. The fraction of sp³-hybridized carbons (Fsp3) is 0.118. The predicted molar refractivity (Wildman–Crippen MR) is 101 cm³/mol. The number of hydrogen-bond acceptors (Lipinski definition) is 6. The minimum absolute atomic E-state index is 0.167. The fourth-order valence-electron chi connectivity index (χ4n) is 2.36. The molecule has 0 aliphatic carbocycles. The van der Waals surface area contributed by atoms with Gasteiger partial charge in [0.15, 0.2) is 0 Å². The van der Waals surface area contributed by atoms with Crippen molar-refractivity contribution in [2.45, 2.75) is 11.5 Å². The number of pyridine rings is 1. The molecule has 0 radical (unpaired) electrons. The van der Waals surface area contributed by atoms with E-state index in [1.807, 2.05) is 0 Å². The molecular weight excluding hydrogens is 457 g/mol. The number of sulfonamides is 1. The molecule has 1 N–H and O–H groups in total. The number of benzene rings is 1. The number of halogens is 2. The highest BCUT2D eigenvalue weighted by Gasteiger charge is 2.19. The third-order valence-electron chi connectivity index (χ3n) is 3.76. The monoisotopic (exact) mass is 469 g/mol. The summed E-state index contributed by atoms with van der Waals surface area (Å²) >= 11 is 3.25. The minimum atomic E-state index is -3.86. The van der Waals surface area contributed by atoms with Crippen LogP contribution in [0.4, 0.5) is 4.39 Å². The van der Waals surface area contributed by atoms with E-state index >= 15 is 0 Å². The van der Waals surface area contributed by atoms with Gasteiger partial charge < -0.3 is 4.74 Å². The van der Waals surface area contributed by atoms with Crippen LogP contribution < -0.4 is 10.3 Å². The highest BCUT2D eigenvalue weighted by atomic mass is 79.9. The lowest BCUT2D eigenvalue weighted by Crippen LogP contribution is -2.20. The van der Waals surface area contributed by atoms with Gasteiger partial charge in [0.05, 0.1) is 16.2 Å². The third kappa shape index (κ3) is 4.11. The maximum Gasteiger partial charge on any atom is 0.341 e. The van der Waals surface area contributed by atoms with Crippen LogP contribution in [0.5, 0.6) is 0 Å². The summed E-state index contributed by atoms with van der Waals surface area (Å²) in [5.41, 5.74) is -0.418. The number of nitrogens with one attached hydrogen (secondary N) is 1. The maximum absolute atomic E-state index is 14.0. The van der Waals surface area contributed by atoms with Crippen molar-refractivity contribution in [2.24, 2.45) is 0 Å². The van der Waals surface area contributed by atoms with Crippen molar-refractivity contribution in [3.8, 4) is 0 Å². The number of carbonyl (C=O) groups excluding carboxylic acids is 1. The molecule has 1 aromatic carbocycles. The van der Waals surface area contributed by atoms with Gasteiger partial charge >= 0.3 is 5.97 Å². The highest BCUT2D eigenvalue weighted by Crippen LogP contribution is 2.17. The molecule has 28 heavy (non-hydrogen) atoms. The van der Waals surface area contributed by atoms with E-state index < -0.39 is 27.4 Å². The van der Waals surface area contributed by atoms with Crippen LogP contribution in [0.3, 0.4) is 0 Å². The molecule has 0 saturated heterocycles. The second kappa shape index (κ2) is 7.78. The Balaban J connectivity index is 1.85. The van der Waals surface area contributed by atoms with E-state index in [4.69, 9.17) is 4.74 Å². The molecule has 0 aliphatic rings. The molecule has 0 fully saturated rings. The normalized spacial score (nSPS) is 11.5. The molecular formula is C17H13BrFN3O5S. The fourth-order valence-corrected chi connectivity index (χ4v) is 3.46. The van der Waals surface area contributed by atoms with Crippen molar-refractivity contribution in [3.05, 3.63) is 74.5 Å². The lowest BCUT2D eigenvalue weighted by molar-refractivity contribution is 0.0462. The minimum Gasteiger partial charge on any atom is -0.455 e. The quantitative estimate of drug-likeness (QED) is 0.571. The SMILES string of the molecule is CNS(=O)(=O)c1ccc(F)c(C(=O)OCc2cc(=O)n3cc(Br)ccc3n2)c1. The van der Waals surface area contributed by atoms with Gasteiger partial charge in [-0.2, -0.15) is 0 Å². The molecule has 0 atom stereocenters. The van der Waals surface area contributed by atoms with Crippen molar-refractivity contribution >= 4 is 37.6 Å². The molecule has 0 spiro atoms. The van der Waals surface area contributed by atoms with E-state index in [1.54, 1.807) is 18.3 Å². The molecule has 0 saturated carbocycles. The van der Waals surface area contributed by atoms with Gasteiger partial charge in [0.25, 0.3) is 5.56 Å². The van der Waals surface area contributed by atoms with Crippen molar-refractivity contribution in [3.63, 3.8) is 0 Å². The Morgan fingerprint density at radius 3 is 2.75 bits per heavy atom. The van der Waals surface area contributed by atoms with Crippen LogP contribution in [0, 0.1) is 5.82 Å². The first kappa shape index (κ1) is 20.1. The molecule has 0 aliphatic heterocycles. The zero-order valence-corrected chi connectivity index (χ0v) is 16.8. The Morgan fingerprint density at radius 2 is 2.04 bits per heavy atom. The zero-order valence-electron chi connectivity index (χ0n) is 14.3. The van der Waals surface area contributed by atoms with Gasteiger partial charge in [0.1, 0.15) is 18.1 Å². The van der Waals surface area contributed by atoms with Crippen LogP contribution in [0.15, 0.2) is 56.8 Å². The zero-order chi connectivity index (χ0) is 20.5. The average Bonchev–Trinajstić information content (AvgIpc) is 2.67. The molecule has 0 amide bonds. The van der Waals surface area contributed by atoms with E-state index in [0.717, 1.165) is 18.2 Å². The van der Waals surface area contributed by atoms with Crippen LogP contribution in [-0.4, -0.2) is 30.8 Å². The van der Waals surface area contributed by atoms with E-state index in [1.165, 1.54) is 17.5 Å². The van der Waals surface area contributed by atoms with E-state index in [0.29, 0.717) is 10.1 Å². The van der Waals surface area contributed by atoms with E-state index in [2.05, 4.69) is 25.6 Å². The lowest BCUT2D eigenvalue weighted by atomic mass is 10.2. The largest absolute Gasteiger partial charge is 0.455 e. The van der Waals surface area contributed by atoms with Crippen LogP contribution in [0.2, 0.25) is 0 Å². The standard InChI is InChI=1S/C17H13BrFN3O5S/c1-20-28(25,26)12-3-4-14(19)13(7-12)17(24)27-9-11-6-16(23)22-8-10(18)2-5-15(22)21-11/h2-8,20H,9H2,1H3. The van der Waals surface area contributed by atoms with Crippen LogP contribution in [-0.2, 0) is 21.4 Å². The summed E-state index contributed by atoms with van der Waals surface area (Å²) < 4.78 is 46.7. The molecule has 3 aromatic rings. The van der Waals surface area contributed by atoms with E-state index in [-0.39, 0.29) is 22.8 Å². The smallest absolute Gasteiger partial charge is 0.341 e. The lowest BCUT2D eigenvalue weighted by Gasteiger charge is -2.08. The first-order chi connectivity index (χ1) is 13.2. The molecule has 2 aromatic heterocycles. The van der Waals surface area contributed by atoms with Crippen molar-refractivity contribution in [2.75, 3.05) is 7.05 Å². The number of carbonyl (C=O) groups is 1. The van der Waals surface area contributed by atoms with Gasteiger partial charge in [-0.3, -0.25) is 9.20 Å². The number of rotatable bonds is 5. The van der Waals surface area contributed by atoms with Crippen molar-refractivity contribution in [1.29, 1.82) is 0 Å². The number of fused-ring (bicyclic) bond motifs is 1. The molecule has 3 rings (SSSR count). The molecule has 146 valence electrons. The maximum atomic E-state index is 14.0. The van der Waals surface area contributed by atoms with Gasteiger partial charge in [-0.05, 0) is 53.3 Å². The molecule has 0 unspecified atom stereocenters. The second-order valence-electron chi connectivity index (χ2n) is 5.59. The van der Waals surface area contributed by atoms with Gasteiger partial charge in [-0.25, -0.2) is 27.3 Å². The average molecular weight is 470 g/mol. The summed E-state index contributed by atoms with van der Waals surface area (Å²) in [6, 6.07) is 7.25. The Labute approximate surface area is 167 Å². The van der Waals surface area contributed by atoms with Crippen LogP contribution >= 0.6 is 15.9 Å². The van der Waals surface area contributed by atoms with Gasteiger partial charge in [0.2, 0.25) is 10.0 Å². The van der Waals surface area contributed by atoms with E-state index in [9.17, 15) is 22.4 Å². The summed E-state index contributed by atoms with van der Waals surface area (Å²) in [6.45, 7) is -0.386. The Hall–Kier alpha value is -2.63. The summed E-state index contributed by atoms with van der Waals surface area (Å²) in [5, 5.41) is 0. The topological polar surface area (TPSA) is 107 Å². The third-order valence-corrected chi connectivity index (χ3v) is 5.65. The Morgan fingerprint density at radius 1 is 1.29 bits per heavy atom. The number of esters is 1. The number of aromatic nitrogens is 2. The van der Waals surface area contributed by atoms with Crippen LogP contribution in [0.1, 0.15) is 16.1 Å². The summed E-state index contributed by atoms with van der Waals surface area (Å²) in [7, 11) is -2.66. The summed E-state index contributed by atoms with van der Waals surface area (Å²) in [4.78, 5) is 28.3. The summed E-state index contributed by atoms with van der Waals surface area (Å²) in [5.74, 6) is -2.01. The first-order valence-electron chi connectivity index (χ1n) is 7.79. The highest BCUT2D eigenvalue weighted by molar-refractivity contribution is 9.10. The molecule has 8 nitrogen and oxygen atoms in total. The first-order valence-corrected chi connectivity index (χ1v) is 10.1. The molecule has 2 heterocycles. The van der Waals surface area contributed by atoms with Gasteiger partial charge in [-0.1, -0.05) is 0 Å². The summed E-state index contributed by atoms with van der Waals surface area (Å²) in [6.07, 6.45) is 1.55. The van der Waals surface area contributed by atoms with Crippen LogP contribution in [0.25, 0.3) is 5.65 Å². The van der Waals surface area contributed by atoms with Gasteiger partial charge in [0, 0.05) is 16.7 Å². The molecule has 0 bridgehead atoms. The number of ether oxygens (including phenoxy) is 1. The predicted octanol–water partition coefficient (Wildman–Crippen LogP) is 1.86. The Kier molecular flexibility index (Phi) is 5.59. The number of hydrogen-bond donors (Lipinski definition) is 1. The van der Waals surface area contributed by atoms with Crippen molar-refractivity contribution < 1.29 is 22.3 Å². The number of nitrogens with zero attached hydrogens (tertiary/aromatic N) is 2. The van der Waals surface area contributed by atoms with Gasteiger partial charge in [-0.15, -0.1) is 0 Å². The molecule has 11 heteroatoms.